The maximum atomic E-state index is 12.9. The Morgan fingerprint density at radius 2 is 2.04 bits per heavy atom. The SMILES string of the molecule is O=C(NCCC1CCCCN1S(=O)(=O)c1cccs1)c1ccccc1Cl. The number of halogens is 1. The number of amides is 1. The van der Waals surface area contributed by atoms with Gasteiger partial charge < -0.3 is 5.32 Å². The van der Waals surface area contributed by atoms with Gasteiger partial charge in [-0.15, -0.1) is 11.3 Å². The Hall–Kier alpha value is -1.41. The first-order valence-corrected chi connectivity index (χ1v) is 11.3. The monoisotopic (exact) mass is 412 g/mol. The number of nitrogens with one attached hydrogen (secondary N) is 1. The number of piperidine rings is 1. The average Bonchev–Trinajstić information content (AvgIpc) is 3.18. The summed E-state index contributed by atoms with van der Waals surface area (Å²) in [5.41, 5.74) is 0.431. The smallest absolute Gasteiger partial charge is 0.252 e. The second-order valence-electron chi connectivity index (χ2n) is 6.22. The third-order valence-corrected chi connectivity index (χ3v) is 8.17. The van der Waals surface area contributed by atoms with Gasteiger partial charge in [-0.25, -0.2) is 8.42 Å². The number of sulfonamides is 1. The van der Waals surface area contributed by atoms with E-state index < -0.39 is 10.0 Å². The van der Waals surface area contributed by atoms with E-state index in [0.717, 1.165) is 19.3 Å². The Balaban J connectivity index is 1.63. The molecule has 3 rings (SSSR count). The maximum Gasteiger partial charge on any atom is 0.252 e. The van der Waals surface area contributed by atoms with Crippen LogP contribution in [0.5, 0.6) is 0 Å². The van der Waals surface area contributed by atoms with Crippen molar-refractivity contribution in [2.75, 3.05) is 13.1 Å². The van der Waals surface area contributed by atoms with Gasteiger partial charge in [-0.2, -0.15) is 4.31 Å². The molecule has 0 bridgehead atoms. The van der Waals surface area contributed by atoms with Gasteiger partial charge in [0.1, 0.15) is 4.21 Å². The second-order valence-corrected chi connectivity index (χ2v) is 9.69. The summed E-state index contributed by atoms with van der Waals surface area (Å²) in [6.45, 7) is 0.939. The second kappa shape index (κ2) is 8.52. The Labute approximate surface area is 163 Å². The fourth-order valence-electron chi connectivity index (χ4n) is 3.20. The lowest BCUT2D eigenvalue weighted by atomic mass is 10.0. The first-order chi connectivity index (χ1) is 12.5. The lowest BCUT2D eigenvalue weighted by molar-refractivity contribution is 0.0949. The lowest BCUT2D eigenvalue weighted by Crippen LogP contribution is -2.44. The molecule has 0 radical (unpaired) electrons. The molecule has 2 aromatic rings. The van der Waals surface area contributed by atoms with Crippen molar-refractivity contribution in [2.45, 2.75) is 35.9 Å². The average molecular weight is 413 g/mol. The molecule has 1 aromatic heterocycles. The summed E-state index contributed by atoms with van der Waals surface area (Å²) in [6.07, 6.45) is 3.26. The maximum absolute atomic E-state index is 12.9. The van der Waals surface area contributed by atoms with E-state index in [1.165, 1.54) is 11.3 Å². The van der Waals surface area contributed by atoms with Crippen LogP contribution in [-0.2, 0) is 10.0 Å². The van der Waals surface area contributed by atoms with Gasteiger partial charge in [-0.3, -0.25) is 4.79 Å². The first-order valence-electron chi connectivity index (χ1n) is 8.58. The molecule has 0 spiro atoms. The summed E-state index contributed by atoms with van der Waals surface area (Å²) >= 11 is 7.28. The van der Waals surface area contributed by atoms with E-state index in [4.69, 9.17) is 11.6 Å². The van der Waals surface area contributed by atoms with Crippen LogP contribution in [0.25, 0.3) is 0 Å². The number of rotatable bonds is 6. The van der Waals surface area contributed by atoms with Crippen LogP contribution in [0.4, 0.5) is 0 Å². The van der Waals surface area contributed by atoms with E-state index in [9.17, 15) is 13.2 Å². The van der Waals surface area contributed by atoms with Gasteiger partial charge in [0.15, 0.2) is 0 Å². The lowest BCUT2D eigenvalue weighted by Gasteiger charge is -2.34. The van der Waals surface area contributed by atoms with Crippen LogP contribution in [0.3, 0.4) is 0 Å². The highest BCUT2D eigenvalue weighted by molar-refractivity contribution is 7.91. The molecule has 0 aliphatic carbocycles. The molecule has 8 heteroatoms. The Bertz CT molecular complexity index is 853. The van der Waals surface area contributed by atoms with Crippen molar-refractivity contribution in [3.8, 4) is 0 Å². The first kappa shape index (κ1) is 19.4. The van der Waals surface area contributed by atoms with Crippen molar-refractivity contribution < 1.29 is 13.2 Å². The third kappa shape index (κ3) is 4.28. The van der Waals surface area contributed by atoms with Gasteiger partial charge in [0.25, 0.3) is 15.9 Å². The minimum absolute atomic E-state index is 0.0950. The van der Waals surface area contributed by atoms with E-state index in [1.54, 1.807) is 46.1 Å². The van der Waals surface area contributed by atoms with E-state index in [2.05, 4.69) is 5.32 Å². The summed E-state index contributed by atoms with van der Waals surface area (Å²) in [5, 5.41) is 5.03. The zero-order valence-corrected chi connectivity index (χ0v) is 16.6. The molecule has 1 aliphatic heterocycles. The normalized spacial score (nSPS) is 18.6. The van der Waals surface area contributed by atoms with Crippen LogP contribution in [0, 0.1) is 0 Å². The van der Waals surface area contributed by atoms with Crippen molar-refractivity contribution in [3.63, 3.8) is 0 Å². The third-order valence-electron chi connectivity index (χ3n) is 4.51. The van der Waals surface area contributed by atoms with Gasteiger partial charge in [0.05, 0.1) is 10.6 Å². The highest BCUT2D eigenvalue weighted by atomic mass is 35.5. The molecule has 0 saturated carbocycles. The van der Waals surface area contributed by atoms with Crippen molar-refractivity contribution >= 4 is 38.9 Å². The predicted molar refractivity (Wildman–Crippen MR) is 104 cm³/mol. The summed E-state index contributed by atoms with van der Waals surface area (Å²) in [4.78, 5) is 12.2. The Kier molecular flexibility index (Phi) is 6.34. The number of nitrogens with zero attached hydrogens (tertiary/aromatic N) is 1. The number of carbonyl (C=O) groups excluding carboxylic acids is 1. The van der Waals surface area contributed by atoms with E-state index in [-0.39, 0.29) is 11.9 Å². The van der Waals surface area contributed by atoms with Gasteiger partial charge in [-0.05, 0) is 42.8 Å². The summed E-state index contributed by atoms with van der Waals surface area (Å²) < 4.78 is 27.7. The number of hydrogen-bond acceptors (Lipinski definition) is 4. The molecule has 1 fully saturated rings. The minimum Gasteiger partial charge on any atom is -0.352 e. The van der Waals surface area contributed by atoms with E-state index in [0.29, 0.717) is 34.3 Å². The fraction of sp³-hybridized carbons (Fsp3) is 0.389. The standard InChI is InChI=1S/C18H21ClN2O3S2/c19-16-8-2-1-7-15(16)18(22)20-11-10-14-6-3-4-12-21(14)26(23,24)17-9-5-13-25-17/h1-2,5,7-9,13-14H,3-4,6,10-12H2,(H,20,22). The van der Waals surface area contributed by atoms with E-state index in [1.807, 2.05) is 0 Å². The van der Waals surface area contributed by atoms with Crippen molar-refractivity contribution in [2.24, 2.45) is 0 Å². The Morgan fingerprint density at radius 1 is 1.23 bits per heavy atom. The zero-order valence-electron chi connectivity index (χ0n) is 14.2. The summed E-state index contributed by atoms with van der Waals surface area (Å²) in [7, 11) is -3.46. The molecule has 1 N–H and O–H groups in total. The molecular weight excluding hydrogens is 392 g/mol. The van der Waals surface area contributed by atoms with Crippen LogP contribution >= 0.6 is 22.9 Å². The molecule has 1 unspecified atom stereocenters. The predicted octanol–water partition coefficient (Wildman–Crippen LogP) is 3.76. The fourth-order valence-corrected chi connectivity index (χ4v) is 6.26. The van der Waals surface area contributed by atoms with Crippen molar-refractivity contribution in [1.82, 2.24) is 9.62 Å². The molecule has 140 valence electrons. The van der Waals surface area contributed by atoms with Gasteiger partial charge in [-0.1, -0.05) is 36.2 Å². The van der Waals surface area contributed by atoms with Gasteiger partial charge in [0, 0.05) is 19.1 Å². The molecule has 2 heterocycles. The van der Waals surface area contributed by atoms with Crippen LogP contribution in [0.2, 0.25) is 5.02 Å². The molecule has 1 amide bonds. The van der Waals surface area contributed by atoms with Crippen molar-refractivity contribution in [1.29, 1.82) is 0 Å². The highest BCUT2D eigenvalue weighted by Gasteiger charge is 2.33. The molecular formula is C18H21ClN2O3S2. The van der Waals surface area contributed by atoms with Gasteiger partial charge >= 0.3 is 0 Å². The largest absolute Gasteiger partial charge is 0.352 e. The Morgan fingerprint density at radius 3 is 2.77 bits per heavy atom. The van der Waals surface area contributed by atoms with Crippen LogP contribution < -0.4 is 5.32 Å². The van der Waals surface area contributed by atoms with Crippen LogP contribution in [-0.4, -0.2) is 37.8 Å². The topological polar surface area (TPSA) is 66.5 Å². The summed E-state index contributed by atoms with van der Waals surface area (Å²) in [6, 6.07) is 10.2. The molecule has 26 heavy (non-hydrogen) atoms. The molecule has 1 atom stereocenters. The number of hydrogen-bond donors (Lipinski definition) is 1. The van der Waals surface area contributed by atoms with E-state index >= 15 is 0 Å². The summed E-state index contributed by atoms with van der Waals surface area (Å²) in [5.74, 6) is -0.237. The molecule has 5 nitrogen and oxygen atoms in total. The number of thiophene rings is 1. The molecule has 1 aromatic carbocycles. The van der Waals surface area contributed by atoms with Gasteiger partial charge in [0.2, 0.25) is 0 Å². The highest BCUT2D eigenvalue weighted by Crippen LogP contribution is 2.29. The van der Waals surface area contributed by atoms with Crippen LogP contribution in [0.1, 0.15) is 36.0 Å². The molecule has 1 saturated heterocycles. The number of carbonyl (C=O) groups is 1. The number of benzene rings is 1. The molecule has 1 aliphatic rings. The zero-order chi connectivity index (χ0) is 18.6. The minimum atomic E-state index is -3.46. The quantitative estimate of drug-likeness (QED) is 0.785. The van der Waals surface area contributed by atoms with Crippen LogP contribution in [0.15, 0.2) is 46.0 Å². The van der Waals surface area contributed by atoms with Crippen molar-refractivity contribution in [3.05, 3.63) is 52.4 Å².